The number of fused-ring (bicyclic) bond motifs is 1. The maximum atomic E-state index is 10.5. The monoisotopic (exact) mass is 432 g/mol. The zero-order valence-corrected chi connectivity index (χ0v) is 19.7. The van der Waals surface area contributed by atoms with Crippen molar-refractivity contribution in [1.29, 1.82) is 16.1 Å². The fourth-order valence-corrected chi connectivity index (χ4v) is 4.83. The summed E-state index contributed by atoms with van der Waals surface area (Å²) in [6, 6.07) is 7.26. The molecule has 0 radical (unpaired) electrons. The third-order valence-corrected chi connectivity index (χ3v) is 5.98. The Labute approximate surface area is 189 Å². The average molecular weight is 433 g/mol. The van der Waals surface area contributed by atoms with Crippen LogP contribution >= 0.6 is 0 Å². The van der Waals surface area contributed by atoms with Crippen LogP contribution in [0.5, 0.6) is 5.75 Å². The van der Waals surface area contributed by atoms with Gasteiger partial charge in [0.15, 0.2) is 0 Å². The SMILES string of the molecule is Cc1cc2cc(C(=N)/C=C\C(=N)N(C)C3CC(C)(C)NC(C)(C)C3)c(O)cc2c(C#N)n1. The second kappa shape index (κ2) is 8.36. The van der Waals surface area contributed by atoms with E-state index in [-0.39, 0.29) is 34.3 Å². The number of nitrogens with one attached hydrogen (secondary N) is 3. The number of rotatable bonds is 4. The van der Waals surface area contributed by atoms with E-state index in [0.717, 1.165) is 18.2 Å². The Morgan fingerprint density at radius 1 is 1.19 bits per heavy atom. The molecule has 3 rings (SSSR count). The molecule has 0 bridgehead atoms. The number of nitrogens with zero attached hydrogens (tertiary/aromatic N) is 3. The van der Waals surface area contributed by atoms with Gasteiger partial charge in [-0.15, -0.1) is 0 Å². The van der Waals surface area contributed by atoms with Crippen molar-refractivity contribution in [2.75, 3.05) is 7.05 Å². The molecule has 1 saturated heterocycles. The quantitative estimate of drug-likeness (QED) is 0.425. The van der Waals surface area contributed by atoms with Crippen molar-refractivity contribution in [1.82, 2.24) is 15.2 Å². The molecule has 168 valence electrons. The molecular formula is C25H32N6O. The summed E-state index contributed by atoms with van der Waals surface area (Å²) in [6.45, 7) is 10.5. The number of hydrogen-bond donors (Lipinski definition) is 4. The van der Waals surface area contributed by atoms with Crippen molar-refractivity contribution in [2.45, 2.75) is 64.6 Å². The van der Waals surface area contributed by atoms with Crippen LogP contribution in [0.3, 0.4) is 0 Å². The molecule has 1 aromatic carbocycles. The molecule has 7 nitrogen and oxygen atoms in total. The van der Waals surface area contributed by atoms with E-state index < -0.39 is 0 Å². The van der Waals surface area contributed by atoms with Crippen LogP contribution in [0, 0.1) is 29.1 Å². The molecule has 32 heavy (non-hydrogen) atoms. The summed E-state index contributed by atoms with van der Waals surface area (Å²) in [6.07, 6.45) is 4.98. The van der Waals surface area contributed by atoms with Crippen LogP contribution in [0.2, 0.25) is 0 Å². The van der Waals surface area contributed by atoms with Gasteiger partial charge in [-0.25, -0.2) is 4.98 Å². The Hall–Kier alpha value is -3.24. The summed E-state index contributed by atoms with van der Waals surface area (Å²) in [5.74, 6) is 0.233. The number of aromatic hydroxyl groups is 1. The van der Waals surface area contributed by atoms with Crippen molar-refractivity contribution in [3.05, 3.63) is 47.3 Å². The highest BCUT2D eigenvalue weighted by Gasteiger charge is 2.39. The van der Waals surface area contributed by atoms with Gasteiger partial charge < -0.3 is 20.7 Å². The summed E-state index contributed by atoms with van der Waals surface area (Å²) >= 11 is 0. The molecule has 1 fully saturated rings. The Bertz CT molecular complexity index is 1140. The summed E-state index contributed by atoms with van der Waals surface area (Å²) in [5.41, 5.74) is 1.35. The van der Waals surface area contributed by atoms with Crippen LogP contribution in [0.1, 0.15) is 57.5 Å². The number of phenols is 1. The van der Waals surface area contributed by atoms with Crippen LogP contribution in [-0.4, -0.2) is 50.7 Å². The third-order valence-electron chi connectivity index (χ3n) is 5.98. The highest BCUT2D eigenvalue weighted by Crippen LogP contribution is 2.31. The van der Waals surface area contributed by atoms with Gasteiger partial charge >= 0.3 is 0 Å². The predicted molar refractivity (Wildman–Crippen MR) is 129 cm³/mol. The van der Waals surface area contributed by atoms with Gasteiger partial charge in [-0.05, 0) is 83.2 Å². The van der Waals surface area contributed by atoms with Gasteiger partial charge in [0, 0.05) is 40.8 Å². The molecule has 2 heterocycles. The van der Waals surface area contributed by atoms with Gasteiger partial charge in [0.05, 0.1) is 5.71 Å². The molecule has 2 aromatic rings. The number of likely N-dealkylation sites (N-methyl/N-ethyl adjacent to an activating group) is 1. The normalized spacial score (nSPS) is 17.9. The molecule has 0 atom stereocenters. The van der Waals surface area contributed by atoms with Crippen LogP contribution in [-0.2, 0) is 0 Å². The van der Waals surface area contributed by atoms with Gasteiger partial charge in [0.2, 0.25) is 0 Å². The lowest BCUT2D eigenvalue weighted by Crippen LogP contribution is -2.62. The minimum Gasteiger partial charge on any atom is -0.507 e. The molecule has 1 aromatic heterocycles. The number of pyridine rings is 1. The topological polar surface area (TPSA) is 120 Å². The van der Waals surface area contributed by atoms with Crippen molar-refractivity contribution in [2.24, 2.45) is 0 Å². The fraction of sp³-hybridized carbons (Fsp3) is 0.440. The standard InChI is InChI=1S/C25H32N6O/c1-15-9-16-10-19(22(32)11-18(16)21(14-26)29-15)20(27)7-8-23(28)31(6)17-12-24(2,3)30-25(4,5)13-17/h7-11,17,27-28,30,32H,12-13H2,1-6H3/b8-7-,27-20?,28-23?. The molecule has 0 saturated carbocycles. The first-order chi connectivity index (χ1) is 14.8. The molecular weight excluding hydrogens is 400 g/mol. The molecule has 0 unspecified atom stereocenters. The summed E-state index contributed by atoms with van der Waals surface area (Å²) in [7, 11) is 1.92. The van der Waals surface area contributed by atoms with Crippen molar-refractivity contribution in [3.8, 4) is 11.8 Å². The van der Waals surface area contributed by atoms with Crippen molar-refractivity contribution in [3.63, 3.8) is 0 Å². The van der Waals surface area contributed by atoms with E-state index in [2.05, 4.69) is 44.1 Å². The molecule has 0 amide bonds. The Morgan fingerprint density at radius 3 is 2.41 bits per heavy atom. The first kappa shape index (κ1) is 23.4. The lowest BCUT2D eigenvalue weighted by molar-refractivity contribution is 0.114. The summed E-state index contributed by atoms with van der Waals surface area (Å²) in [5, 5.41) is 41.7. The number of benzene rings is 1. The van der Waals surface area contributed by atoms with Crippen LogP contribution in [0.15, 0.2) is 30.4 Å². The number of piperidine rings is 1. The average Bonchev–Trinajstić information content (AvgIpc) is 2.68. The van der Waals surface area contributed by atoms with Crippen LogP contribution in [0.25, 0.3) is 10.8 Å². The Balaban J connectivity index is 1.81. The van der Waals surface area contributed by atoms with E-state index in [1.807, 2.05) is 18.0 Å². The summed E-state index contributed by atoms with van der Waals surface area (Å²) in [4.78, 5) is 6.16. The zero-order valence-electron chi connectivity index (χ0n) is 19.7. The maximum Gasteiger partial charge on any atom is 0.148 e. The van der Waals surface area contributed by atoms with Gasteiger partial charge in [0.25, 0.3) is 0 Å². The first-order valence-corrected chi connectivity index (χ1v) is 10.7. The number of aryl methyl sites for hydroxylation is 1. The fourth-order valence-electron chi connectivity index (χ4n) is 4.83. The zero-order chi connectivity index (χ0) is 23.8. The number of phenolic OH excluding ortho intramolecular Hbond substituents is 1. The number of amidine groups is 1. The second-order valence-corrected chi connectivity index (χ2v) is 10.0. The first-order valence-electron chi connectivity index (χ1n) is 10.7. The smallest absolute Gasteiger partial charge is 0.148 e. The third kappa shape index (κ3) is 4.97. The second-order valence-electron chi connectivity index (χ2n) is 10.0. The number of aromatic nitrogens is 1. The molecule has 1 aliphatic rings. The minimum absolute atomic E-state index is 0.0243. The van der Waals surface area contributed by atoms with E-state index >= 15 is 0 Å². The minimum atomic E-state index is -0.0870. The van der Waals surface area contributed by atoms with Gasteiger partial charge in [-0.1, -0.05) is 0 Å². The largest absolute Gasteiger partial charge is 0.507 e. The van der Waals surface area contributed by atoms with E-state index in [9.17, 15) is 10.4 Å². The highest BCUT2D eigenvalue weighted by molar-refractivity contribution is 6.13. The van der Waals surface area contributed by atoms with Gasteiger partial charge in [-0.3, -0.25) is 5.41 Å². The van der Waals surface area contributed by atoms with Crippen molar-refractivity contribution < 1.29 is 5.11 Å². The Kier molecular flexibility index (Phi) is 6.12. The number of nitriles is 1. The van der Waals surface area contributed by atoms with E-state index in [1.165, 1.54) is 12.1 Å². The van der Waals surface area contributed by atoms with E-state index in [1.54, 1.807) is 19.1 Å². The molecule has 4 N–H and O–H groups in total. The maximum absolute atomic E-state index is 10.5. The lowest BCUT2D eigenvalue weighted by Gasteiger charge is -2.49. The lowest BCUT2D eigenvalue weighted by atomic mass is 9.79. The van der Waals surface area contributed by atoms with Gasteiger partial charge in [-0.2, -0.15) is 5.26 Å². The molecule has 0 aliphatic carbocycles. The van der Waals surface area contributed by atoms with Gasteiger partial charge in [0.1, 0.15) is 23.3 Å². The predicted octanol–water partition coefficient (Wildman–Crippen LogP) is 4.26. The van der Waals surface area contributed by atoms with Crippen LogP contribution in [0.4, 0.5) is 0 Å². The Morgan fingerprint density at radius 2 is 1.81 bits per heavy atom. The van der Waals surface area contributed by atoms with E-state index in [4.69, 9.17) is 10.8 Å². The van der Waals surface area contributed by atoms with Crippen molar-refractivity contribution >= 4 is 22.3 Å². The molecule has 0 spiro atoms. The molecule has 7 heteroatoms. The molecule has 1 aliphatic heterocycles. The number of allylic oxidation sites excluding steroid dienone is 1. The van der Waals surface area contributed by atoms with E-state index in [0.29, 0.717) is 22.5 Å². The number of hydrogen-bond acceptors (Lipinski definition) is 6. The van der Waals surface area contributed by atoms with Crippen LogP contribution < -0.4 is 5.32 Å². The highest BCUT2D eigenvalue weighted by atomic mass is 16.3. The summed E-state index contributed by atoms with van der Waals surface area (Å²) < 4.78 is 0.